The van der Waals surface area contributed by atoms with E-state index >= 15 is 0 Å². The topological polar surface area (TPSA) is 36.9 Å². The zero-order valence-electron chi connectivity index (χ0n) is 19.0. The Morgan fingerprint density at radius 2 is 1.15 bits per heavy atom. The second-order valence-corrected chi connectivity index (χ2v) is 9.40. The Kier molecular flexibility index (Phi) is 9.39. The van der Waals surface area contributed by atoms with Gasteiger partial charge in [-0.2, -0.15) is 0 Å². The first-order valence-corrected chi connectivity index (χ1v) is 12.6. The van der Waals surface area contributed by atoms with Crippen molar-refractivity contribution < 1.29 is 18.9 Å². The maximum Gasteiger partial charge on any atom is 0.132 e. The minimum Gasteiger partial charge on any atom is -0.374 e. The van der Waals surface area contributed by atoms with Gasteiger partial charge in [0.15, 0.2) is 0 Å². The van der Waals surface area contributed by atoms with Crippen molar-refractivity contribution >= 4 is 11.8 Å². The van der Waals surface area contributed by atoms with E-state index in [9.17, 15) is 0 Å². The summed E-state index contributed by atoms with van der Waals surface area (Å²) in [6, 6.07) is 30.7. The van der Waals surface area contributed by atoms with E-state index in [-0.39, 0.29) is 23.7 Å². The molecular weight excluding hydrogens is 432 g/mol. The molecule has 4 nitrogen and oxygen atoms in total. The van der Waals surface area contributed by atoms with E-state index in [1.165, 1.54) is 0 Å². The summed E-state index contributed by atoms with van der Waals surface area (Å²) in [6.45, 7) is 4.19. The molecule has 33 heavy (non-hydrogen) atoms. The van der Waals surface area contributed by atoms with Crippen LogP contribution in [0.15, 0.2) is 91.0 Å². The highest BCUT2D eigenvalue weighted by Crippen LogP contribution is 2.34. The largest absolute Gasteiger partial charge is 0.374 e. The van der Waals surface area contributed by atoms with Crippen LogP contribution in [0.1, 0.15) is 23.6 Å². The fourth-order valence-electron chi connectivity index (χ4n) is 3.90. The van der Waals surface area contributed by atoms with Gasteiger partial charge in [-0.3, -0.25) is 0 Å². The summed E-state index contributed by atoms with van der Waals surface area (Å²) in [6.07, 6.45) is -0.583. The zero-order chi connectivity index (χ0) is 22.7. The average Bonchev–Trinajstić information content (AvgIpc) is 3.19. The predicted molar refractivity (Wildman–Crippen MR) is 133 cm³/mol. The minimum absolute atomic E-state index is 0.0928. The molecule has 4 rings (SSSR count). The number of ether oxygens (including phenoxy) is 4. The number of benzene rings is 3. The average molecular weight is 465 g/mol. The van der Waals surface area contributed by atoms with Gasteiger partial charge in [-0.25, -0.2) is 0 Å². The monoisotopic (exact) mass is 464 g/mol. The molecule has 0 amide bonds. The standard InChI is InChI=1S/C28H32O4S/c1-2-33-28-27(31-20-24-16-10-5-11-17-24)26(30-19-23-14-8-4-9-15-23)25(32-28)21-29-18-22-12-6-3-7-13-22/h3-17,25-28H,2,18-21H2,1H3/t25-,26-,27-,28+/m1/s1. The van der Waals surface area contributed by atoms with Crippen molar-refractivity contribution in [3.8, 4) is 0 Å². The summed E-state index contributed by atoms with van der Waals surface area (Å²) in [7, 11) is 0. The molecule has 0 aromatic heterocycles. The van der Waals surface area contributed by atoms with E-state index in [2.05, 4.69) is 43.3 Å². The van der Waals surface area contributed by atoms with Gasteiger partial charge in [-0.1, -0.05) is 97.9 Å². The summed E-state index contributed by atoms with van der Waals surface area (Å²) in [4.78, 5) is 0. The van der Waals surface area contributed by atoms with Crippen LogP contribution in [0.4, 0.5) is 0 Å². The van der Waals surface area contributed by atoms with Crippen LogP contribution in [0, 0.1) is 0 Å². The van der Waals surface area contributed by atoms with Crippen LogP contribution in [-0.4, -0.2) is 36.1 Å². The fourth-order valence-corrected chi connectivity index (χ4v) is 4.88. The molecule has 4 atom stereocenters. The number of hydrogen-bond acceptors (Lipinski definition) is 5. The van der Waals surface area contributed by atoms with Crippen LogP contribution in [0.3, 0.4) is 0 Å². The molecule has 1 aliphatic rings. The number of hydrogen-bond donors (Lipinski definition) is 0. The first-order valence-electron chi connectivity index (χ1n) is 11.5. The summed E-state index contributed by atoms with van der Waals surface area (Å²) in [5.74, 6) is 0.943. The van der Waals surface area contributed by atoms with E-state index < -0.39 is 0 Å². The van der Waals surface area contributed by atoms with Gasteiger partial charge in [0.1, 0.15) is 23.7 Å². The van der Waals surface area contributed by atoms with Gasteiger partial charge >= 0.3 is 0 Å². The normalized spacial score (nSPS) is 22.5. The van der Waals surface area contributed by atoms with Crippen LogP contribution in [-0.2, 0) is 38.8 Å². The molecule has 0 bridgehead atoms. The van der Waals surface area contributed by atoms with E-state index in [1.54, 1.807) is 11.8 Å². The second-order valence-electron chi connectivity index (χ2n) is 8.02. The van der Waals surface area contributed by atoms with Crippen LogP contribution >= 0.6 is 11.8 Å². The highest BCUT2D eigenvalue weighted by atomic mass is 32.2. The third-order valence-electron chi connectivity index (χ3n) is 5.56. The molecule has 3 aromatic carbocycles. The quantitative estimate of drug-likeness (QED) is 0.336. The Morgan fingerprint density at radius 1 is 0.667 bits per heavy atom. The lowest BCUT2D eigenvalue weighted by atomic mass is 10.1. The molecule has 0 radical (unpaired) electrons. The molecule has 0 N–H and O–H groups in total. The van der Waals surface area contributed by atoms with Crippen molar-refractivity contribution in [2.75, 3.05) is 12.4 Å². The van der Waals surface area contributed by atoms with Crippen molar-refractivity contribution in [3.05, 3.63) is 108 Å². The molecule has 1 heterocycles. The smallest absolute Gasteiger partial charge is 0.132 e. The van der Waals surface area contributed by atoms with Crippen molar-refractivity contribution in [2.45, 2.75) is 50.5 Å². The molecule has 5 heteroatoms. The number of rotatable bonds is 12. The zero-order valence-corrected chi connectivity index (χ0v) is 19.9. The Balaban J connectivity index is 1.44. The minimum atomic E-state index is -0.214. The molecule has 0 unspecified atom stereocenters. The van der Waals surface area contributed by atoms with Crippen molar-refractivity contribution in [2.24, 2.45) is 0 Å². The summed E-state index contributed by atoms with van der Waals surface area (Å²) in [5, 5.41) is 0. The lowest BCUT2D eigenvalue weighted by Gasteiger charge is -2.25. The first kappa shape index (κ1) is 24.0. The predicted octanol–water partition coefficient (Wildman–Crippen LogP) is 5.85. The first-order chi connectivity index (χ1) is 16.3. The maximum atomic E-state index is 6.44. The highest BCUT2D eigenvalue weighted by molar-refractivity contribution is 7.99. The maximum absolute atomic E-state index is 6.44. The Hall–Kier alpha value is -2.15. The van der Waals surface area contributed by atoms with Gasteiger partial charge in [0.05, 0.1) is 26.4 Å². The molecular formula is C28H32O4S. The van der Waals surface area contributed by atoms with Gasteiger partial charge < -0.3 is 18.9 Å². The summed E-state index contributed by atoms with van der Waals surface area (Å²) in [5.41, 5.74) is 3.33. The Labute approximate surface area is 201 Å². The van der Waals surface area contributed by atoms with Gasteiger partial charge in [-0.05, 0) is 22.4 Å². The molecule has 0 spiro atoms. The molecule has 0 saturated carbocycles. The molecule has 1 saturated heterocycles. The van der Waals surface area contributed by atoms with Crippen molar-refractivity contribution in [3.63, 3.8) is 0 Å². The molecule has 0 aliphatic carbocycles. The van der Waals surface area contributed by atoms with Gasteiger partial charge in [0.2, 0.25) is 0 Å². The second kappa shape index (κ2) is 12.9. The summed E-state index contributed by atoms with van der Waals surface area (Å²) >= 11 is 1.76. The number of thioether (sulfide) groups is 1. The highest BCUT2D eigenvalue weighted by Gasteiger charge is 2.46. The third-order valence-corrected chi connectivity index (χ3v) is 6.60. The lowest BCUT2D eigenvalue weighted by molar-refractivity contribution is -0.0895. The molecule has 1 fully saturated rings. The SMILES string of the molecule is CCS[C@@H]1O[C@H](COCc2ccccc2)[C@@H](OCc2ccccc2)[C@H]1OCc1ccccc1. The Morgan fingerprint density at radius 3 is 1.67 bits per heavy atom. The van der Waals surface area contributed by atoms with Crippen LogP contribution in [0.5, 0.6) is 0 Å². The van der Waals surface area contributed by atoms with E-state index in [0.717, 1.165) is 22.4 Å². The third kappa shape index (κ3) is 7.16. The van der Waals surface area contributed by atoms with Gasteiger partial charge in [0.25, 0.3) is 0 Å². The Bertz CT molecular complexity index is 922. The lowest BCUT2D eigenvalue weighted by Crippen LogP contribution is -2.38. The van der Waals surface area contributed by atoms with Crippen molar-refractivity contribution in [1.82, 2.24) is 0 Å². The van der Waals surface area contributed by atoms with E-state index in [4.69, 9.17) is 18.9 Å². The van der Waals surface area contributed by atoms with Gasteiger partial charge in [0, 0.05) is 0 Å². The van der Waals surface area contributed by atoms with Gasteiger partial charge in [-0.15, -0.1) is 11.8 Å². The van der Waals surface area contributed by atoms with E-state index in [1.807, 2.05) is 54.6 Å². The summed E-state index contributed by atoms with van der Waals surface area (Å²) < 4.78 is 25.3. The molecule has 3 aromatic rings. The fraction of sp³-hybridized carbons (Fsp3) is 0.357. The molecule has 1 aliphatic heterocycles. The molecule has 174 valence electrons. The van der Waals surface area contributed by atoms with Crippen molar-refractivity contribution in [1.29, 1.82) is 0 Å². The van der Waals surface area contributed by atoms with E-state index in [0.29, 0.717) is 26.4 Å². The van der Waals surface area contributed by atoms with Crippen LogP contribution in [0.2, 0.25) is 0 Å². The van der Waals surface area contributed by atoms with Crippen LogP contribution in [0.25, 0.3) is 0 Å². The van der Waals surface area contributed by atoms with Crippen LogP contribution < -0.4 is 0 Å².